The topological polar surface area (TPSA) is 73.0 Å². The average Bonchev–Trinajstić information content (AvgIpc) is 2.82. The molecule has 0 aliphatic carbocycles. The Morgan fingerprint density at radius 2 is 2.33 bits per heavy atom. The molecule has 0 spiro atoms. The third-order valence-corrected chi connectivity index (χ3v) is 2.49. The van der Waals surface area contributed by atoms with E-state index in [0.29, 0.717) is 6.54 Å². The van der Waals surface area contributed by atoms with Crippen LogP contribution < -0.4 is 5.32 Å². The number of benzene rings is 1. The Balaban J connectivity index is 2.00. The quantitative estimate of drug-likeness (QED) is 0.649. The molecule has 1 atom stereocenters. The maximum absolute atomic E-state index is 10.7. The van der Waals surface area contributed by atoms with Gasteiger partial charge in [0.05, 0.1) is 11.5 Å². The van der Waals surface area contributed by atoms with Gasteiger partial charge in [-0.05, 0) is 19.1 Å². The number of non-ortho nitro benzene ring substituents is 1. The van der Waals surface area contributed by atoms with E-state index in [-0.39, 0.29) is 11.7 Å². The molecule has 0 radical (unpaired) electrons. The van der Waals surface area contributed by atoms with Crippen molar-refractivity contribution in [2.75, 3.05) is 5.32 Å². The fourth-order valence-electron chi connectivity index (χ4n) is 1.73. The molecule has 94 valence electrons. The van der Waals surface area contributed by atoms with Crippen LogP contribution >= 0.6 is 0 Å². The number of nitrogens with one attached hydrogen (secondary N) is 1. The number of anilines is 1. The third kappa shape index (κ3) is 3.07. The first-order valence-corrected chi connectivity index (χ1v) is 5.63. The van der Waals surface area contributed by atoms with E-state index in [9.17, 15) is 10.1 Å². The summed E-state index contributed by atoms with van der Waals surface area (Å²) in [7, 11) is 0. The Morgan fingerprint density at radius 1 is 1.50 bits per heavy atom. The summed E-state index contributed by atoms with van der Waals surface area (Å²) in [5.74, 6) is 0. The van der Waals surface area contributed by atoms with Crippen LogP contribution in [-0.2, 0) is 6.54 Å². The van der Waals surface area contributed by atoms with Crippen LogP contribution in [0.3, 0.4) is 0 Å². The molecule has 1 unspecified atom stereocenters. The molecule has 0 fully saturated rings. The van der Waals surface area contributed by atoms with Gasteiger partial charge in [-0.1, -0.05) is 6.07 Å². The Hall–Kier alpha value is -2.37. The highest BCUT2D eigenvalue weighted by Gasteiger charge is 2.08. The van der Waals surface area contributed by atoms with E-state index in [0.717, 1.165) is 5.69 Å². The lowest BCUT2D eigenvalue weighted by molar-refractivity contribution is -0.384. The molecule has 1 aromatic carbocycles. The summed E-state index contributed by atoms with van der Waals surface area (Å²) < 4.78 is 1.81. The van der Waals surface area contributed by atoms with E-state index < -0.39 is 4.92 Å². The summed E-state index contributed by atoms with van der Waals surface area (Å²) in [6.07, 6.45) is 3.60. The third-order valence-electron chi connectivity index (χ3n) is 2.49. The van der Waals surface area contributed by atoms with Gasteiger partial charge in [0.15, 0.2) is 0 Å². The van der Waals surface area contributed by atoms with Crippen molar-refractivity contribution in [3.63, 3.8) is 0 Å². The zero-order chi connectivity index (χ0) is 13.0. The van der Waals surface area contributed by atoms with Crippen molar-refractivity contribution in [2.45, 2.75) is 19.5 Å². The fraction of sp³-hybridized carbons (Fsp3) is 0.250. The molecule has 0 bridgehead atoms. The summed E-state index contributed by atoms with van der Waals surface area (Å²) in [6, 6.07) is 8.48. The van der Waals surface area contributed by atoms with Crippen molar-refractivity contribution < 1.29 is 4.92 Å². The maximum Gasteiger partial charge on any atom is 0.271 e. The number of hydrogen-bond acceptors (Lipinski definition) is 4. The van der Waals surface area contributed by atoms with Gasteiger partial charge in [0.25, 0.3) is 5.69 Å². The van der Waals surface area contributed by atoms with Crippen LogP contribution in [0.1, 0.15) is 6.92 Å². The zero-order valence-corrected chi connectivity index (χ0v) is 9.98. The number of nitro groups is 1. The number of nitro benzene ring substituents is 1. The lowest BCUT2D eigenvalue weighted by Crippen LogP contribution is -2.22. The van der Waals surface area contributed by atoms with Gasteiger partial charge < -0.3 is 5.32 Å². The molecule has 2 aromatic rings. The summed E-state index contributed by atoms with van der Waals surface area (Å²) >= 11 is 0. The van der Waals surface area contributed by atoms with Gasteiger partial charge in [-0.2, -0.15) is 5.10 Å². The lowest BCUT2D eigenvalue weighted by Gasteiger charge is -2.15. The Morgan fingerprint density at radius 3 is 3.00 bits per heavy atom. The van der Waals surface area contributed by atoms with Crippen LogP contribution in [-0.4, -0.2) is 20.7 Å². The van der Waals surface area contributed by atoms with Gasteiger partial charge in [-0.15, -0.1) is 0 Å². The van der Waals surface area contributed by atoms with Gasteiger partial charge in [0, 0.05) is 36.3 Å². The first-order valence-electron chi connectivity index (χ1n) is 5.63. The van der Waals surface area contributed by atoms with Gasteiger partial charge in [0.2, 0.25) is 0 Å². The second-order valence-corrected chi connectivity index (χ2v) is 4.08. The zero-order valence-electron chi connectivity index (χ0n) is 9.98. The first kappa shape index (κ1) is 12.1. The predicted octanol–water partition coefficient (Wildman–Crippen LogP) is 2.29. The summed E-state index contributed by atoms with van der Waals surface area (Å²) in [6.45, 7) is 2.70. The van der Waals surface area contributed by atoms with Gasteiger partial charge in [-0.25, -0.2) is 0 Å². The summed E-state index contributed by atoms with van der Waals surface area (Å²) in [5.41, 5.74) is 0.829. The Labute approximate surface area is 104 Å². The predicted molar refractivity (Wildman–Crippen MR) is 68.4 cm³/mol. The van der Waals surface area contributed by atoms with E-state index in [4.69, 9.17) is 0 Å². The SMILES string of the molecule is CC(Cn1cccn1)Nc1cccc([N+](=O)[O-])c1. The minimum Gasteiger partial charge on any atom is -0.381 e. The van der Waals surface area contributed by atoms with Gasteiger partial charge in [-0.3, -0.25) is 14.8 Å². The van der Waals surface area contributed by atoms with Crippen molar-refractivity contribution in [3.05, 3.63) is 52.8 Å². The van der Waals surface area contributed by atoms with Crippen molar-refractivity contribution in [1.82, 2.24) is 9.78 Å². The van der Waals surface area contributed by atoms with Crippen LogP contribution in [0.5, 0.6) is 0 Å². The van der Waals surface area contributed by atoms with Gasteiger partial charge >= 0.3 is 0 Å². The molecule has 2 rings (SSSR count). The van der Waals surface area contributed by atoms with Crippen LogP contribution in [0.25, 0.3) is 0 Å². The number of aromatic nitrogens is 2. The minimum absolute atomic E-state index is 0.0892. The second kappa shape index (κ2) is 5.31. The van der Waals surface area contributed by atoms with E-state index >= 15 is 0 Å². The smallest absolute Gasteiger partial charge is 0.271 e. The maximum atomic E-state index is 10.7. The number of nitrogens with zero attached hydrogens (tertiary/aromatic N) is 3. The number of hydrogen-bond donors (Lipinski definition) is 1. The Kier molecular flexibility index (Phi) is 3.57. The van der Waals surface area contributed by atoms with Crippen molar-refractivity contribution in [2.24, 2.45) is 0 Å². The van der Waals surface area contributed by atoms with E-state index in [1.54, 1.807) is 12.3 Å². The van der Waals surface area contributed by atoms with Crippen LogP contribution in [0.15, 0.2) is 42.7 Å². The standard InChI is InChI=1S/C12H14N4O2/c1-10(9-15-7-3-6-13-15)14-11-4-2-5-12(8-11)16(17)18/h2-8,10,14H,9H2,1H3. The molecule has 0 saturated carbocycles. The normalized spacial score (nSPS) is 12.1. The molecule has 0 saturated heterocycles. The average molecular weight is 246 g/mol. The Bertz CT molecular complexity index is 525. The highest BCUT2D eigenvalue weighted by Crippen LogP contribution is 2.17. The van der Waals surface area contributed by atoms with E-state index in [1.165, 1.54) is 12.1 Å². The summed E-state index contributed by atoms with van der Waals surface area (Å²) in [5, 5.41) is 18.0. The molecular weight excluding hydrogens is 232 g/mol. The number of rotatable bonds is 5. The molecule has 6 nitrogen and oxygen atoms in total. The minimum atomic E-state index is -0.399. The molecular formula is C12H14N4O2. The summed E-state index contributed by atoms with van der Waals surface area (Å²) in [4.78, 5) is 10.3. The monoisotopic (exact) mass is 246 g/mol. The molecule has 0 aliphatic rings. The highest BCUT2D eigenvalue weighted by molar-refractivity contribution is 5.51. The molecule has 1 aromatic heterocycles. The molecule has 0 amide bonds. The van der Waals surface area contributed by atoms with Crippen molar-refractivity contribution in [3.8, 4) is 0 Å². The van der Waals surface area contributed by atoms with Crippen molar-refractivity contribution in [1.29, 1.82) is 0 Å². The highest BCUT2D eigenvalue weighted by atomic mass is 16.6. The van der Waals surface area contributed by atoms with E-state index in [1.807, 2.05) is 29.9 Å². The first-order chi connectivity index (χ1) is 8.65. The van der Waals surface area contributed by atoms with Crippen LogP contribution in [0, 0.1) is 10.1 Å². The largest absolute Gasteiger partial charge is 0.381 e. The van der Waals surface area contributed by atoms with Crippen LogP contribution in [0.2, 0.25) is 0 Å². The van der Waals surface area contributed by atoms with Crippen molar-refractivity contribution >= 4 is 11.4 Å². The molecule has 1 N–H and O–H groups in total. The second-order valence-electron chi connectivity index (χ2n) is 4.08. The molecule has 0 aliphatic heterocycles. The van der Waals surface area contributed by atoms with Crippen LogP contribution in [0.4, 0.5) is 11.4 Å². The lowest BCUT2D eigenvalue weighted by atomic mass is 10.2. The molecule has 1 heterocycles. The molecule has 18 heavy (non-hydrogen) atoms. The van der Waals surface area contributed by atoms with Gasteiger partial charge in [0.1, 0.15) is 0 Å². The van der Waals surface area contributed by atoms with E-state index in [2.05, 4.69) is 10.4 Å². The molecule has 6 heteroatoms. The fourth-order valence-corrected chi connectivity index (χ4v) is 1.73.